The number of aryl methyl sites for hydroxylation is 1. The fraction of sp³-hybridized carbons (Fsp3) is 0.269. The van der Waals surface area contributed by atoms with Gasteiger partial charge >= 0.3 is 0 Å². The molecular weight excluding hydrogens is 432 g/mol. The molecule has 3 heterocycles. The SMILES string of the molecule is C=C(NC)c1c(C)sc2cc(Cc3ccnc4cc(C(=C)N(CC)CCN)sc34)ccc12. The Kier molecular flexibility index (Phi) is 6.65. The summed E-state index contributed by atoms with van der Waals surface area (Å²) in [5, 5.41) is 4.46. The number of fused-ring (bicyclic) bond motifs is 2. The highest BCUT2D eigenvalue weighted by Crippen LogP contribution is 2.36. The van der Waals surface area contributed by atoms with Gasteiger partial charge in [-0.25, -0.2) is 0 Å². The molecule has 1 aromatic carbocycles. The minimum atomic E-state index is 0.620. The Morgan fingerprint density at radius 1 is 1.19 bits per heavy atom. The van der Waals surface area contributed by atoms with Gasteiger partial charge < -0.3 is 16.0 Å². The molecular formula is C26H30N4S2. The number of nitrogens with one attached hydrogen (secondary N) is 1. The van der Waals surface area contributed by atoms with Crippen LogP contribution < -0.4 is 11.1 Å². The lowest BCUT2D eigenvalue weighted by atomic mass is 10.0. The molecule has 0 bridgehead atoms. The summed E-state index contributed by atoms with van der Waals surface area (Å²) in [7, 11) is 1.92. The van der Waals surface area contributed by atoms with Crippen molar-refractivity contribution in [3.05, 3.63) is 76.1 Å². The van der Waals surface area contributed by atoms with Crippen LogP contribution in [-0.2, 0) is 6.42 Å². The molecule has 0 saturated heterocycles. The summed E-state index contributed by atoms with van der Waals surface area (Å²) < 4.78 is 2.54. The highest BCUT2D eigenvalue weighted by molar-refractivity contribution is 7.20. The molecule has 0 unspecified atom stereocenters. The van der Waals surface area contributed by atoms with Gasteiger partial charge in [-0.3, -0.25) is 4.98 Å². The van der Waals surface area contributed by atoms with Crippen LogP contribution in [0.4, 0.5) is 0 Å². The molecule has 6 heteroatoms. The summed E-state index contributed by atoms with van der Waals surface area (Å²) in [6.45, 7) is 15.1. The highest BCUT2D eigenvalue weighted by Gasteiger charge is 2.15. The lowest BCUT2D eigenvalue weighted by Gasteiger charge is -2.23. The summed E-state index contributed by atoms with van der Waals surface area (Å²) in [5.41, 5.74) is 12.6. The normalized spacial score (nSPS) is 11.2. The van der Waals surface area contributed by atoms with E-state index in [4.69, 9.17) is 5.73 Å². The molecule has 0 aliphatic rings. The summed E-state index contributed by atoms with van der Waals surface area (Å²) in [6, 6.07) is 11.1. The number of nitrogens with zero attached hydrogens (tertiary/aromatic N) is 2. The van der Waals surface area contributed by atoms with Gasteiger partial charge in [-0.15, -0.1) is 22.7 Å². The zero-order valence-electron chi connectivity index (χ0n) is 19.0. The Labute approximate surface area is 198 Å². The Morgan fingerprint density at radius 2 is 2.00 bits per heavy atom. The number of thiophene rings is 2. The van der Waals surface area contributed by atoms with Crippen molar-refractivity contribution in [3.8, 4) is 0 Å². The predicted octanol–water partition coefficient (Wildman–Crippen LogP) is 5.85. The second-order valence-electron chi connectivity index (χ2n) is 7.88. The van der Waals surface area contributed by atoms with Gasteiger partial charge in [0.05, 0.1) is 15.1 Å². The highest BCUT2D eigenvalue weighted by atomic mass is 32.1. The van der Waals surface area contributed by atoms with Crippen LogP contribution >= 0.6 is 22.7 Å². The molecule has 4 rings (SSSR count). The number of hydrogen-bond donors (Lipinski definition) is 2. The van der Waals surface area contributed by atoms with Crippen LogP contribution in [0, 0.1) is 6.92 Å². The van der Waals surface area contributed by atoms with E-state index in [9.17, 15) is 0 Å². The molecule has 4 aromatic rings. The van der Waals surface area contributed by atoms with E-state index in [2.05, 4.69) is 72.5 Å². The standard InChI is InChI=1S/C26H30N4S2/c1-6-30(12-10-27)17(3)23-15-22-26(32-23)20(9-11-29-22)13-19-7-8-21-24(14-19)31-18(4)25(21)16(2)28-5/h7-9,11,14-15,28H,2-3,6,10,12-13,27H2,1,4-5H3. The number of nitrogens with two attached hydrogens (primary N) is 1. The molecule has 4 nitrogen and oxygen atoms in total. The molecule has 3 N–H and O–H groups in total. The van der Waals surface area contributed by atoms with Crippen molar-refractivity contribution in [2.75, 3.05) is 26.7 Å². The molecule has 3 aromatic heterocycles. The van der Waals surface area contributed by atoms with Crippen LogP contribution in [0.1, 0.15) is 33.4 Å². The minimum absolute atomic E-state index is 0.620. The maximum absolute atomic E-state index is 5.78. The van der Waals surface area contributed by atoms with E-state index < -0.39 is 0 Å². The van der Waals surface area contributed by atoms with E-state index in [-0.39, 0.29) is 0 Å². The number of benzene rings is 1. The summed E-state index contributed by atoms with van der Waals surface area (Å²) >= 11 is 3.61. The maximum atomic E-state index is 5.78. The lowest BCUT2D eigenvalue weighted by Crippen LogP contribution is -2.27. The van der Waals surface area contributed by atoms with Crippen molar-refractivity contribution < 1.29 is 0 Å². The van der Waals surface area contributed by atoms with Gasteiger partial charge in [0.1, 0.15) is 0 Å². The molecule has 32 heavy (non-hydrogen) atoms. The van der Waals surface area contributed by atoms with Crippen LogP contribution in [0.25, 0.3) is 31.7 Å². The first-order valence-corrected chi connectivity index (χ1v) is 12.5. The number of aromatic nitrogens is 1. The van der Waals surface area contributed by atoms with Crippen LogP contribution in [0.5, 0.6) is 0 Å². The van der Waals surface area contributed by atoms with Crippen LogP contribution in [0.15, 0.2) is 49.7 Å². The first-order chi connectivity index (χ1) is 15.5. The molecule has 0 radical (unpaired) electrons. The summed E-state index contributed by atoms with van der Waals surface area (Å²) in [4.78, 5) is 9.31. The monoisotopic (exact) mass is 462 g/mol. The van der Waals surface area contributed by atoms with Gasteiger partial charge in [0.25, 0.3) is 0 Å². The number of rotatable bonds is 9. The topological polar surface area (TPSA) is 54.2 Å². The molecule has 0 aliphatic carbocycles. The van der Waals surface area contributed by atoms with Gasteiger partial charge in [-0.2, -0.15) is 0 Å². The predicted molar refractivity (Wildman–Crippen MR) is 142 cm³/mol. The number of likely N-dealkylation sites (N-methyl/N-ethyl adjacent to an activating group) is 1. The maximum Gasteiger partial charge on any atom is 0.0819 e. The molecule has 0 amide bonds. The van der Waals surface area contributed by atoms with Gasteiger partial charge in [-0.1, -0.05) is 25.3 Å². The average Bonchev–Trinajstić information content (AvgIpc) is 3.37. The van der Waals surface area contributed by atoms with Gasteiger partial charge in [0.15, 0.2) is 0 Å². The van der Waals surface area contributed by atoms with E-state index in [1.807, 2.05) is 24.6 Å². The molecule has 0 saturated carbocycles. The van der Waals surface area contributed by atoms with Crippen LogP contribution in [-0.4, -0.2) is 36.6 Å². The first-order valence-electron chi connectivity index (χ1n) is 10.9. The Morgan fingerprint density at radius 3 is 2.72 bits per heavy atom. The van der Waals surface area contributed by atoms with E-state index in [1.54, 1.807) is 11.3 Å². The van der Waals surface area contributed by atoms with Crippen molar-refractivity contribution in [1.29, 1.82) is 0 Å². The zero-order valence-corrected chi connectivity index (χ0v) is 20.6. The summed E-state index contributed by atoms with van der Waals surface area (Å²) in [6.07, 6.45) is 2.79. The number of hydrogen-bond acceptors (Lipinski definition) is 6. The third-order valence-corrected chi connectivity index (χ3v) is 8.19. The molecule has 0 atom stereocenters. The van der Waals surface area contributed by atoms with E-state index in [0.717, 1.165) is 41.3 Å². The van der Waals surface area contributed by atoms with Crippen molar-refractivity contribution in [2.45, 2.75) is 20.3 Å². The lowest BCUT2D eigenvalue weighted by molar-refractivity contribution is 0.430. The van der Waals surface area contributed by atoms with E-state index >= 15 is 0 Å². The molecule has 166 valence electrons. The third kappa shape index (κ3) is 4.18. The zero-order chi connectivity index (χ0) is 22.8. The van der Waals surface area contributed by atoms with E-state index in [0.29, 0.717) is 6.54 Å². The first kappa shape index (κ1) is 22.5. The van der Waals surface area contributed by atoms with E-state index in [1.165, 1.54) is 36.4 Å². The largest absolute Gasteiger partial charge is 0.388 e. The second kappa shape index (κ2) is 9.45. The Hall–Kier alpha value is -2.67. The second-order valence-corrected chi connectivity index (χ2v) is 10.2. The third-order valence-electron chi connectivity index (χ3n) is 5.87. The quantitative estimate of drug-likeness (QED) is 0.327. The van der Waals surface area contributed by atoms with Crippen molar-refractivity contribution in [2.24, 2.45) is 5.73 Å². The number of pyridine rings is 1. The van der Waals surface area contributed by atoms with Gasteiger partial charge in [-0.05, 0) is 49.6 Å². The van der Waals surface area contributed by atoms with Crippen LogP contribution in [0.2, 0.25) is 0 Å². The average molecular weight is 463 g/mol. The summed E-state index contributed by atoms with van der Waals surface area (Å²) in [5.74, 6) is 0. The van der Waals surface area contributed by atoms with Gasteiger partial charge in [0.2, 0.25) is 0 Å². The molecule has 0 aliphatic heterocycles. The van der Waals surface area contributed by atoms with Crippen LogP contribution in [0.3, 0.4) is 0 Å². The fourth-order valence-corrected chi connectivity index (χ4v) is 6.44. The Balaban J connectivity index is 1.67. The molecule has 0 fully saturated rings. The fourth-order valence-electron chi connectivity index (χ4n) is 4.16. The van der Waals surface area contributed by atoms with Crippen molar-refractivity contribution >= 4 is 54.4 Å². The molecule has 0 spiro atoms. The Bertz CT molecular complexity index is 1300. The van der Waals surface area contributed by atoms with Crippen molar-refractivity contribution in [1.82, 2.24) is 15.2 Å². The van der Waals surface area contributed by atoms with Crippen molar-refractivity contribution in [3.63, 3.8) is 0 Å². The van der Waals surface area contributed by atoms with Gasteiger partial charge in [0, 0.05) is 64.8 Å². The minimum Gasteiger partial charge on any atom is -0.388 e. The smallest absolute Gasteiger partial charge is 0.0819 e.